The number of hydrogen-bond donors (Lipinski definition) is 0. The average Bonchev–Trinajstić information content (AvgIpc) is 2.48. The van der Waals surface area contributed by atoms with E-state index in [1.165, 1.54) is 0 Å². The van der Waals surface area contributed by atoms with Crippen LogP contribution in [0.5, 0.6) is 5.75 Å². The SMILES string of the molecule is CC.O=Cc1ccccc1OCc1ccccc1. The standard InChI is InChI=1S/C14H12O2.C2H6/c15-10-13-8-4-5-9-14(13)16-11-12-6-2-1-3-7-12;1-2/h1-10H,11H2;1-2H3. The molecule has 0 radical (unpaired) electrons. The van der Waals surface area contributed by atoms with Gasteiger partial charge >= 0.3 is 0 Å². The molecule has 0 fully saturated rings. The zero-order valence-electron chi connectivity index (χ0n) is 10.8. The lowest BCUT2D eigenvalue weighted by molar-refractivity contribution is 0.111. The van der Waals surface area contributed by atoms with E-state index in [1.54, 1.807) is 12.1 Å². The largest absolute Gasteiger partial charge is 0.488 e. The molecular formula is C16H18O2. The monoisotopic (exact) mass is 242 g/mol. The Morgan fingerprint density at radius 3 is 2.22 bits per heavy atom. The van der Waals surface area contributed by atoms with Crippen molar-refractivity contribution in [2.45, 2.75) is 20.5 Å². The Hall–Kier alpha value is -2.09. The fourth-order valence-corrected chi connectivity index (χ4v) is 1.44. The van der Waals surface area contributed by atoms with Crippen LogP contribution in [0.1, 0.15) is 29.8 Å². The summed E-state index contributed by atoms with van der Waals surface area (Å²) >= 11 is 0. The second kappa shape index (κ2) is 8.07. The Labute approximate surface area is 108 Å². The number of benzene rings is 2. The van der Waals surface area contributed by atoms with Gasteiger partial charge in [-0.05, 0) is 17.7 Å². The maximum atomic E-state index is 10.8. The van der Waals surface area contributed by atoms with Gasteiger partial charge in [-0.1, -0.05) is 56.3 Å². The van der Waals surface area contributed by atoms with E-state index in [1.807, 2.05) is 56.3 Å². The first kappa shape index (κ1) is 14.0. The average molecular weight is 242 g/mol. The van der Waals surface area contributed by atoms with Crippen molar-refractivity contribution in [1.29, 1.82) is 0 Å². The molecule has 0 bridgehead atoms. The molecule has 0 unspecified atom stereocenters. The Kier molecular flexibility index (Phi) is 6.26. The molecule has 2 heteroatoms. The molecule has 2 nitrogen and oxygen atoms in total. The molecule has 0 amide bonds. The van der Waals surface area contributed by atoms with E-state index in [9.17, 15) is 4.79 Å². The van der Waals surface area contributed by atoms with Gasteiger partial charge in [0, 0.05) is 0 Å². The Bertz CT molecular complexity index is 464. The van der Waals surface area contributed by atoms with E-state index in [0.29, 0.717) is 17.9 Å². The molecule has 0 spiro atoms. The summed E-state index contributed by atoms with van der Waals surface area (Å²) in [5.41, 5.74) is 1.67. The van der Waals surface area contributed by atoms with E-state index in [4.69, 9.17) is 4.74 Å². The topological polar surface area (TPSA) is 26.3 Å². The first-order valence-corrected chi connectivity index (χ1v) is 6.11. The summed E-state index contributed by atoms with van der Waals surface area (Å²) in [6, 6.07) is 17.1. The van der Waals surface area contributed by atoms with Crippen LogP contribution >= 0.6 is 0 Å². The number of ether oxygens (including phenoxy) is 1. The molecular weight excluding hydrogens is 224 g/mol. The molecule has 94 valence electrons. The van der Waals surface area contributed by atoms with Gasteiger partial charge in [0.1, 0.15) is 12.4 Å². The number of hydrogen-bond acceptors (Lipinski definition) is 2. The molecule has 0 aliphatic rings. The highest BCUT2D eigenvalue weighted by Crippen LogP contribution is 2.17. The van der Waals surface area contributed by atoms with Crippen molar-refractivity contribution in [2.24, 2.45) is 0 Å². The van der Waals surface area contributed by atoms with Gasteiger partial charge in [0.05, 0.1) is 5.56 Å². The Morgan fingerprint density at radius 2 is 1.56 bits per heavy atom. The summed E-state index contributed by atoms with van der Waals surface area (Å²) in [4.78, 5) is 10.8. The lowest BCUT2D eigenvalue weighted by Crippen LogP contribution is -1.97. The quantitative estimate of drug-likeness (QED) is 0.754. The highest BCUT2D eigenvalue weighted by atomic mass is 16.5. The third-order valence-electron chi connectivity index (χ3n) is 2.28. The van der Waals surface area contributed by atoms with E-state index in [-0.39, 0.29) is 0 Å². The van der Waals surface area contributed by atoms with Crippen LogP contribution in [-0.2, 0) is 6.61 Å². The Morgan fingerprint density at radius 1 is 0.944 bits per heavy atom. The lowest BCUT2D eigenvalue weighted by atomic mass is 10.2. The first-order chi connectivity index (χ1) is 8.90. The fraction of sp³-hybridized carbons (Fsp3) is 0.188. The van der Waals surface area contributed by atoms with Crippen LogP contribution in [0.25, 0.3) is 0 Å². The van der Waals surface area contributed by atoms with Crippen molar-refractivity contribution < 1.29 is 9.53 Å². The van der Waals surface area contributed by atoms with Gasteiger partial charge in [0.15, 0.2) is 6.29 Å². The van der Waals surface area contributed by atoms with Gasteiger partial charge < -0.3 is 4.74 Å². The minimum absolute atomic E-state index is 0.478. The van der Waals surface area contributed by atoms with Gasteiger partial charge in [-0.25, -0.2) is 0 Å². The van der Waals surface area contributed by atoms with Crippen LogP contribution < -0.4 is 4.74 Å². The molecule has 0 aliphatic heterocycles. The molecule has 0 heterocycles. The van der Waals surface area contributed by atoms with Crippen LogP contribution in [0.2, 0.25) is 0 Å². The smallest absolute Gasteiger partial charge is 0.153 e. The van der Waals surface area contributed by atoms with Crippen molar-refractivity contribution >= 4 is 6.29 Å². The van der Waals surface area contributed by atoms with Crippen LogP contribution in [-0.4, -0.2) is 6.29 Å². The van der Waals surface area contributed by atoms with Crippen molar-refractivity contribution in [2.75, 3.05) is 0 Å². The number of carbonyl (C=O) groups is 1. The molecule has 2 rings (SSSR count). The van der Waals surface area contributed by atoms with E-state index in [2.05, 4.69) is 0 Å². The number of carbonyl (C=O) groups excluding carboxylic acids is 1. The molecule has 2 aromatic rings. The van der Waals surface area contributed by atoms with Gasteiger partial charge in [0.25, 0.3) is 0 Å². The second-order valence-corrected chi connectivity index (χ2v) is 3.43. The summed E-state index contributed by atoms with van der Waals surface area (Å²) in [5.74, 6) is 0.626. The fourth-order valence-electron chi connectivity index (χ4n) is 1.44. The summed E-state index contributed by atoms with van der Waals surface area (Å²) < 4.78 is 5.58. The minimum atomic E-state index is 0.478. The number of aldehydes is 1. The van der Waals surface area contributed by atoms with Crippen LogP contribution in [0.3, 0.4) is 0 Å². The molecule has 18 heavy (non-hydrogen) atoms. The molecule has 0 aromatic heterocycles. The summed E-state index contributed by atoms with van der Waals surface area (Å²) in [7, 11) is 0. The molecule has 0 N–H and O–H groups in total. The number of para-hydroxylation sites is 1. The van der Waals surface area contributed by atoms with Crippen molar-refractivity contribution in [3.8, 4) is 5.75 Å². The summed E-state index contributed by atoms with van der Waals surface area (Å²) in [6.45, 7) is 4.48. The molecule has 2 aromatic carbocycles. The van der Waals surface area contributed by atoms with E-state index >= 15 is 0 Å². The summed E-state index contributed by atoms with van der Waals surface area (Å²) in [6.07, 6.45) is 0.806. The predicted octanol–water partition coefficient (Wildman–Crippen LogP) is 4.10. The second-order valence-electron chi connectivity index (χ2n) is 3.43. The molecule has 0 saturated heterocycles. The Balaban J connectivity index is 0.000000771. The predicted molar refractivity (Wildman–Crippen MR) is 74.0 cm³/mol. The lowest BCUT2D eigenvalue weighted by Gasteiger charge is -2.07. The first-order valence-electron chi connectivity index (χ1n) is 6.11. The van der Waals surface area contributed by atoms with Crippen LogP contribution in [0.15, 0.2) is 54.6 Å². The molecule has 0 saturated carbocycles. The van der Waals surface area contributed by atoms with Crippen LogP contribution in [0.4, 0.5) is 0 Å². The van der Waals surface area contributed by atoms with Crippen molar-refractivity contribution in [3.05, 3.63) is 65.7 Å². The highest BCUT2D eigenvalue weighted by Gasteiger charge is 2.01. The molecule has 0 atom stereocenters. The maximum Gasteiger partial charge on any atom is 0.153 e. The van der Waals surface area contributed by atoms with E-state index in [0.717, 1.165) is 11.8 Å². The number of rotatable bonds is 4. The zero-order valence-corrected chi connectivity index (χ0v) is 10.8. The maximum absolute atomic E-state index is 10.8. The van der Waals surface area contributed by atoms with Crippen LogP contribution in [0, 0.1) is 0 Å². The van der Waals surface area contributed by atoms with Gasteiger partial charge in [-0.15, -0.1) is 0 Å². The zero-order chi connectivity index (χ0) is 13.2. The van der Waals surface area contributed by atoms with Gasteiger partial charge in [-0.2, -0.15) is 0 Å². The van der Waals surface area contributed by atoms with Crippen molar-refractivity contribution in [1.82, 2.24) is 0 Å². The van der Waals surface area contributed by atoms with Crippen molar-refractivity contribution in [3.63, 3.8) is 0 Å². The molecule has 0 aliphatic carbocycles. The van der Waals surface area contributed by atoms with Gasteiger partial charge in [-0.3, -0.25) is 4.79 Å². The van der Waals surface area contributed by atoms with E-state index < -0.39 is 0 Å². The summed E-state index contributed by atoms with van der Waals surface area (Å²) in [5, 5.41) is 0. The third kappa shape index (κ3) is 4.06. The third-order valence-corrected chi connectivity index (χ3v) is 2.28. The minimum Gasteiger partial charge on any atom is -0.488 e. The highest BCUT2D eigenvalue weighted by molar-refractivity contribution is 5.79. The van der Waals surface area contributed by atoms with Gasteiger partial charge in [0.2, 0.25) is 0 Å². The normalized spacial score (nSPS) is 9.00.